The summed E-state index contributed by atoms with van der Waals surface area (Å²) in [6.07, 6.45) is 0.254. The van der Waals surface area contributed by atoms with Crippen LogP contribution in [0.25, 0.3) is 17.4 Å². The first-order valence-electron chi connectivity index (χ1n) is 12.5. The van der Waals surface area contributed by atoms with E-state index in [1.165, 1.54) is 11.1 Å². The van der Waals surface area contributed by atoms with Gasteiger partial charge >= 0.3 is 0 Å². The van der Waals surface area contributed by atoms with Gasteiger partial charge in [-0.15, -0.1) is 0 Å². The van der Waals surface area contributed by atoms with Crippen LogP contribution in [0.4, 0.5) is 11.4 Å². The highest BCUT2D eigenvalue weighted by atomic mass is 16.6. The second-order valence-corrected chi connectivity index (χ2v) is 9.50. The molecule has 200 valence electrons. The third kappa shape index (κ3) is 4.97. The molecule has 4 aromatic rings. The summed E-state index contributed by atoms with van der Waals surface area (Å²) < 4.78 is 5.89. The molecule has 0 bridgehead atoms. The zero-order valence-corrected chi connectivity index (χ0v) is 22.0. The number of carbonyl (C=O) groups is 2. The van der Waals surface area contributed by atoms with Gasteiger partial charge in [0.25, 0.3) is 11.6 Å². The van der Waals surface area contributed by atoms with Gasteiger partial charge in [0.05, 0.1) is 27.5 Å². The number of benzene rings is 3. The summed E-state index contributed by atoms with van der Waals surface area (Å²) in [7, 11) is 0. The predicted octanol–water partition coefficient (Wildman–Crippen LogP) is 6.19. The quantitative estimate of drug-likeness (QED) is 0.130. The molecule has 1 unspecified atom stereocenters. The minimum atomic E-state index is -1.29. The van der Waals surface area contributed by atoms with Gasteiger partial charge in [-0.2, -0.15) is 10.1 Å². The number of hydrogen-bond acceptors (Lipinski definition) is 7. The highest BCUT2D eigenvalue weighted by Gasteiger charge is 2.30. The second-order valence-electron chi connectivity index (χ2n) is 9.50. The molecule has 1 atom stereocenters. The summed E-state index contributed by atoms with van der Waals surface area (Å²) in [5.41, 5.74) is 3.99. The molecule has 1 aromatic heterocycles. The number of aliphatic hydroxyl groups is 1. The van der Waals surface area contributed by atoms with Gasteiger partial charge in [0, 0.05) is 11.6 Å². The standard InChI is InChI=1S/C31H25N3O6/c1-18-15-26(27(34(38)39)16-19(18)2)28-14-13-24(40-28)17-25-20(3)32-33(31(25)37)23-11-9-22(10-12-23)30(36)29(35)21-7-5-4-6-8-21/h4-17,29,35H,1-3H3. The third-order valence-electron chi connectivity index (χ3n) is 6.81. The van der Waals surface area contributed by atoms with Gasteiger partial charge in [0.2, 0.25) is 0 Å². The minimum Gasteiger partial charge on any atom is -0.456 e. The topological polar surface area (TPSA) is 126 Å². The first-order valence-corrected chi connectivity index (χ1v) is 12.5. The number of aliphatic hydroxyl groups excluding tert-OH is 1. The number of Topliss-reactive ketones (excluding diaryl/α,β-unsaturated/α-hetero) is 1. The number of carbonyl (C=O) groups excluding carboxylic acids is 2. The van der Waals surface area contributed by atoms with Gasteiger partial charge in [0.15, 0.2) is 5.78 Å². The second kappa shape index (κ2) is 10.5. The maximum atomic E-state index is 13.2. The highest BCUT2D eigenvalue weighted by Crippen LogP contribution is 2.34. The van der Waals surface area contributed by atoms with Gasteiger partial charge in [-0.05, 0) is 86.0 Å². The number of hydrogen-bond donors (Lipinski definition) is 1. The predicted molar refractivity (Wildman–Crippen MR) is 151 cm³/mol. The normalized spacial score (nSPS) is 14.9. The van der Waals surface area contributed by atoms with Crippen LogP contribution >= 0.6 is 0 Å². The molecule has 0 spiro atoms. The number of nitro groups is 1. The van der Waals surface area contributed by atoms with E-state index in [-0.39, 0.29) is 5.69 Å². The molecule has 1 aliphatic rings. The van der Waals surface area contributed by atoms with E-state index in [1.54, 1.807) is 85.8 Å². The third-order valence-corrected chi connectivity index (χ3v) is 6.81. The molecule has 0 saturated heterocycles. The van der Waals surface area contributed by atoms with E-state index in [9.17, 15) is 24.8 Å². The molecule has 1 N–H and O–H groups in total. The Labute approximate surface area is 229 Å². The number of hydrazone groups is 1. The van der Waals surface area contributed by atoms with E-state index < -0.39 is 22.7 Å². The summed E-state index contributed by atoms with van der Waals surface area (Å²) in [5, 5.41) is 27.6. The van der Waals surface area contributed by atoms with Crippen molar-refractivity contribution in [3.8, 4) is 11.3 Å². The Morgan fingerprint density at radius 2 is 1.68 bits per heavy atom. The Hall–Kier alpha value is -5.15. The van der Waals surface area contributed by atoms with Crippen molar-refractivity contribution in [3.63, 3.8) is 0 Å². The monoisotopic (exact) mass is 535 g/mol. The fraction of sp³-hybridized carbons (Fsp3) is 0.129. The lowest BCUT2D eigenvalue weighted by Crippen LogP contribution is -2.21. The average molecular weight is 536 g/mol. The Bertz CT molecular complexity index is 1700. The minimum absolute atomic E-state index is 0.0595. The molecule has 40 heavy (non-hydrogen) atoms. The SMILES string of the molecule is CC1=NN(c2ccc(C(=O)C(O)c3ccccc3)cc2)C(=O)C1=Cc1ccc(-c2cc(C)c(C)cc2[N+](=O)[O-])o1. The van der Waals surface area contributed by atoms with E-state index >= 15 is 0 Å². The molecule has 1 aliphatic heterocycles. The van der Waals surface area contributed by atoms with E-state index in [4.69, 9.17) is 4.42 Å². The van der Waals surface area contributed by atoms with Crippen LogP contribution in [0.3, 0.4) is 0 Å². The lowest BCUT2D eigenvalue weighted by atomic mass is 10.00. The van der Waals surface area contributed by atoms with Crippen LogP contribution in [-0.2, 0) is 4.79 Å². The highest BCUT2D eigenvalue weighted by molar-refractivity contribution is 6.32. The fourth-order valence-electron chi connectivity index (χ4n) is 4.44. The van der Waals surface area contributed by atoms with Crippen molar-refractivity contribution in [2.45, 2.75) is 26.9 Å². The number of rotatable bonds is 7. The molecule has 0 aliphatic carbocycles. The molecule has 2 heterocycles. The molecule has 9 heteroatoms. The van der Waals surface area contributed by atoms with Gasteiger partial charge in [-0.3, -0.25) is 19.7 Å². The van der Waals surface area contributed by atoms with Crippen molar-refractivity contribution in [2.24, 2.45) is 5.10 Å². The Morgan fingerprint density at radius 1 is 1.00 bits per heavy atom. The van der Waals surface area contributed by atoms with Crippen LogP contribution in [0.1, 0.15) is 45.8 Å². The number of aryl methyl sites for hydroxylation is 2. The van der Waals surface area contributed by atoms with E-state index in [0.29, 0.717) is 45.2 Å². The van der Waals surface area contributed by atoms with Crippen LogP contribution in [-0.4, -0.2) is 27.4 Å². The molecule has 0 saturated carbocycles. The smallest absolute Gasteiger partial charge is 0.280 e. The van der Waals surface area contributed by atoms with Crippen molar-refractivity contribution in [2.75, 3.05) is 5.01 Å². The van der Waals surface area contributed by atoms with Crippen molar-refractivity contribution in [3.05, 3.63) is 123 Å². The summed E-state index contributed by atoms with van der Waals surface area (Å²) in [6, 6.07) is 21.4. The number of anilines is 1. The van der Waals surface area contributed by atoms with Crippen molar-refractivity contribution in [1.29, 1.82) is 0 Å². The zero-order valence-electron chi connectivity index (χ0n) is 22.0. The van der Waals surface area contributed by atoms with Crippen molar-refractivity contribution in [1.82, 2.24) is 0 Å². The van der Waals surface area contributed by atoms with Crippen LogP contribution in [0.5, 0.6) is 0 Å². The molecule has 9 nitrogen and oxygen atoms in total. The van der Waals surface area contributed by atoms with E-state index in [0.717, 1.165) is 11.1 Å². The van der Waals surface area contributed by atoms with Gasteiger partial charge in [-0.1, -0.05) is 30.3 Å². The molecular formula is C31H25N3O6. The summed E-state index contributed by atoms with van der Waals surface area (Å²) in [4.78, 5) is 37.1. The Balaban J connectivity index is 1.36. The maximum Gasteiger partial charge on any atom is 0.280 e. The van der Waals surface area contributed by atoms with E-state index in [1.807, 2.05) is 13.8 Å². The maximum absolute atomic E-state index is 13.2. The number of nitro benzene ring substituents is 1. The summed E-state index contributed by atoms with van der Waals surface area (Å²) in [5.74, 6) is -0.186. The Morgan fingerprint density at radius 3 is 2.35 bits per heavy atom. The van der Waals surface area contributed by atoms with Crippen LogP contribution in [0.2, 0.25) is 0 Å². The molecule has 0 fully saturated rings. The van der Waals surface area contributed by atoms with Gasteiger partial charge in [0.1, 0.15) is 17.6 Å². The van der Waals surface area contributed by atoms with Crippen molar-refractivity contribution >= 4 is 34.9 Å². The lowest BCUT2D eigenvalue weighted by molar-refractivity contribution is -0.384. The number of amides is 1. The lowest BCUT2D eigenvalue weighted by Gasteiger charge is -2.13. The molecular weight excluding hydrogens is 510 g/mol. The molecule has 3 aromatic carbocycles. The molecule has 1 amide bonds. The molecule has 5 rings (SSSR count). The fourth-order valence-corrected chi connectivity index (χ4v) is 4.44. The summed E-state index contributed by atoms with van der Waals surface area (Å²) >= 11 is 0. The zero-order chi connectivity index (χ0) is 28.6. The van der Waals surface area contributed by atoms with Crippen LogP contribution in [0.15, 0.2) is 94.0 Å². The summed E-state index contributed by atoms with van der Waals surface area (Å²) in [6.45, 7) is 5.37. The van der Waals surface area contributed by atoms with Crippen molar-refractivity contribution < 1.29 is 24.0 Å². The van der Waals surface area contributed by atoms with Gasteiger partial charge in [-0.25, -0.2) is 0 Å². The van der Waals surface area contributed by atoms with E-state index in [2.05, 4.69) is 5.10 Å². The largest absolute Gasteiger partial charge is 0.456 e. The average Bonchev–Trinajstić information content (AvgIpc) is 3.54. The number of nitrogens with zero attached hydrogens (tertiary/aromatic N) is 3. The Kier molecular flexibility index (Phi) is 6.98. The number of furan rings is 1. The number of ketones is 1. The first kappa shape index (κ1) is 26.5. The van der Waals surface area contributed by atoms with Crippen LogP contribution in [0, 0.1) is 24.0 Å². The van der Waals surface area contributed by atoms with Gasteiger partial charge < -0.3 is 9.52 Å². The van der Waals surface area contributed by atoms with Crippen LogP contribution < -0.4 is 5.01 Å². The molecule has 0 radical (unpaired) electrons. The first-order chi connectivity index (χ1) is 19.1.